The third-order valence-electron chi connectivity index (χ3n) is 9.21. The van der Waals surface area contributed by atoms with Crippen LogP contribution in [-0.2, 0) is 45.3 Å². The van der Waals surface area contributed by atoms with Gasteiger partial charge in [-0.05, 0) is 51.1 Å². The molecule has 2 bridgehead atoms. The fraction of sp³-hybridized carbons (Fsp3) is 0.552. The number of aliphatic hydroxyl groups is 3. The van der Waals surface area contributed by atoms with E-state index in [1.165, 1.54) is 13.2 Å². The Balaban J connectivity index is 1.31. The number of aliphatic hydroxyl groups excluding tert-OH is 2. The summed E-state index contributed by atoms with van der Waals surface area (Å²) in [4.78, 5) is 61.9. The molecular formula is C29H34N2O14. The normalized spacial score (nSPS) is 28.6. The standard InChI is InChI=1S/C29H34N2O14/c1-12(24(36)30-14(25(37)38)11-18(32)33)43-26(39)20(34)21(35)27(40)44-16-6-7-29(41)17-10-13-4-5-15(42-3)22-19(13)28(29,23(16)45-22)8-9-31(17)2/h4-6,12,14,17,20-21,23,34-35,41H,7-11H2,1-3H3,(H,30,36)(H,32,33)(H,37,38)/t12-,14-,17+,20+,21+,23-,28-,29+/m0/s1. The molecule has 1 amide bonds. The number of hydrogen-bond donors (Lipinski definition) is 6. The minimum Gasteiger partial charge on any atom is -0.493 e. The summed E-state index contributed by atoms with van der Waals surface area (Å²) in [6, 6.07) is 1.58. The van der Waals surface area contributed by atoms with Crippen LogP contribution in [0.4, 0.5) is 0 Å². The number of hydrogen-bond acceptors (Lipinski definition) is 13. The minimum absolute atomic E-state index is 0.0374. The first-order valence-electron chi connectivity index (χ1n) is 14.2. The van der Waals surface area contributed by atoms with Crippen molar-refractivity contribution in [3.8, 4) is 11.5 Å². The molecule has 8 atom stereocenters. The number of likely N-dealkylation sites (N-methyl/N-ethyl adjacent to an activating group) is 1. The summed E-state index contributed by atoms with van der Waals surface area (Å²) in [5, 5.41) is 52.9. The largest absolute Gasteiger partial charge is 0.493 e. The second kappa shape index (κ2) is 11.6. The van der Waals surface area contributed by atoms with Crippen LogP contribution < -0.4 is 14.8 Å². The van der Waals surface area contributed by atoms with Gasteiger partial charge in [0.05, 0.1) is 24.5 Å². The molecule has 1 spiro atoms. The smallest absolute Gasteiger partial charge is 0.343 e. The molecule has 0 aromatic heterocycles. The molecule has 244 valence electrons. The maximum absolute atomic E-state index is 13.0. The summed E-state index contributed by atoms with van der Waals surface area (Å²) in [6.45, 7) is 1.61. The zero-order valence-corrected chi connectivity index (χ0v) is 24.6. The SMILES string of the molecule is COc1ccc2c3c1O[C@H]1C(OC(=O)[C@H](O)[C@@H](O)C(=O)O[C@@H](C)C(=O)N[C@@H](CC(=O)O)C(=O)O)=CC[C@@]4(O)[C@@H](C2)N(C)CC[C@]314. The van der Waals surface area contributed by atoms with Gasteiger partial charge in [-0.25, -0.2) is 14.4 Å². The summed E-state index contributed by atoms with van der Waals surface area (Å²) in [6.07, 6.45) is -6.13. The van der Waals surface area contributed by atoms with Crippen molar-refractivity contribution in [2.75, 3.05) is 20.7 Å². The van der Waals surface area contributed by atoms with Crippen molar-refractivity contribution in [1.29, 1.82) is 0 Å². The third-order valence-corrected chi connectivity index (χ3v) is 9.21. The number of nitrogens with one attached hydrogen (secondary N) is 1. The van der Waals surface area contributed by atoms with Gasteiger partial charge in [0.25, 0.3) is 5.91 Å². The Labute approximate surface area is 256 Å². The van der Waals surface area contributed by atoms with Gasteiger partial charge in [0, 0.05) is 18.0 Å². The molecule has 4 aliphatic rings. The molecule has 0 radical (unpaired) electrons. The monoisotopic (exact) mass is 634 g/mol. The van der Waals surface area contributed by atoms with Crippen molar-refractivity contribution in [3.63, 3.8) is 0 Å². The summed E-state index contributed by atoms with van der Waals surface area (Å²) in [5.74, 6) is -6.60. The van der Waals surface area contributed by atoms with Crippen LogP contribution in [0.25, 0.3) is 0 Å². The molecule has 2 heterocycles. The topological polar surface area (TPSA) is 239 Å². The number of carboxylic acids is 2. The maximum atomic E-state index is 13.0. The molecule has 1 aromatic rings. The Bertz CT molecular complexity index is 1480. The molecule has 1 aromatic carbocycles. The molecule has 1 saturated heterocycles. The highest BCUT2D eigenvalue weighted by Gasteiger charge is 2.72. The molecule has 6 N–H and O–H groups in total. The van der Waals surface area contributed by atoms with Crippen molar-refractivity contribution in [1.82, 2.24) is 10.2 Å². The van der Waals surface area contributed by atoms with Gasteiger partial charge in [-0.2, -0.15) is 0 Å². The number of carbonyl (C=O) groups is 5. The number of amides is 1. The van der Waals surface area contributed by atoms with Gasteiger partial charge in [-0.3, -0.25) is 9.59 Å². The lowest BCUT2D eigenvalue weighted by Crippen LogP contribution is -2.74. The lowest BCUT2D eigenvalue weighted by atomic mass is 9.50. The summed E-state index contributed by atoms with van der Waals surface area (Å²) in [7, 11) is 3.41. The number of carbonyl (C=O) groups excluding carboxylic acids is 3. The Morgan fingerprint density at radius 1 is 1.13 bits per heavy atom. The predicted octanol–water partition coefficient (Wildman–Crippen LogP) is -1.79. The van der Waals surface area contributed by atoms with Crippen LogP contribution in [0.3, 0.4) is 0 Å². The fourth-order valence-corrected chi connectivity index (χ4v) is 6.98. The average Bonchev–Trinajstić information content (AvgIpc) is 3.34. The van der Waals surface area contributed by atoms with Crippen LogP contribution in [0.5, 0.6) is 11.5 Å². The van der Waals surface area contributed by atoms with Crippen molar-refractivity contribution < 1.29 is 68.5 Å². The van der Waals surface area contributed by atoms with Gasteiger partial charge in [0.2, 0.25) is 0 Å². The van der Waals surface area contributed by atoms with Crippen LogP contribution in [-0.4, -0.2) is 123 Å². The fourth-order valence-electron chi connectivity index (χ4n) is 6.98. The molecule has 16 nitrogen and oxygen atoms in total. The molecule has 0 saturated carbocycles. The van der Waals surface area contributed by atoms with Crippen LogP contribution in [0.15, 0.2) is 24.0 Å². The number of ether oxygens (including phenoxy) is 4. The Morgan fingerprint density at radius 2 is 1.82 bits per heavy atom. The van der Waals surface area contributed by atoms with Crippen LogP contribution in [0, 0.1) is 0 Å². The van der Waals surface area contributed by atoms with Gasteiger partial charge >= 0.3 is 23.9 Å². The first kappa shape index (κ1) is 32.2. The van der Waals surface area contributed by atoms with E-state index in [1.54, 1.807) is 6.07 Å². The van der Waals surface area contributed by atoms with Crippen molar-refractivity contribution in [3.05, 3.63) is 35.1 Å². The van der Waals surface area contributed by atoms with Gasteiger partial charge < -0.3 is 54.7 Å². The lowest BCUT2D eigenvalue weighted by Gasteiger charge is -2.61. The number of esters is 2. The highest BCUT2D eigenvalue weighted by Crippen LogP contribution is 2.65. The van der Waals surface area contributed by atoms with Gasteiger partial charge in [0.1, 0.15) is 11.8 Å². The van der Waals surface area contributed by atoms with Crippen molar-refractivity contribution in [2.24, 2.45) is 0 Å². The van der Waals surface area contributed by atoms with Crippen LogP contribution >= 0.6 is 0 Å². The average molecular weight is 635 g/mol. The number of nitrogens with zero attached hydrogens (tertiary/aromatic N) is 1. The first-order chi connectivity index (χ1) is 21.2. The minimum atomic E-state index is -2.52. The van der Waals surface area contributed by atoms with E-state index in [4.69, 9.17) is 29.2 Å². The number of methoxy groups -OCH3 is 1. The van der Waals surface area contributed by atoms with E-state index in [-0.39, 0.29) is 18.2 Å². The Morgan fingerprint density at radius 3 is 2.47 bits per heavy atom. The number of rotatable bonds is 11. The molecular weight excluding hydrogens is 600 g/mol. The Hall–Kier alpha value is -4.25. The van der Waals surface area contributed by atoms with Crippen LogP contribution in [0.2, 0.25) is 0 Å². The van der Waals surface area contributed by atoms with E-state index in [2.05, 4.69) is 4.90 Å². The van der Waals surface area contributed by atoms with Gasteiger partial charge in [0.15, 0.2) is 35.9 Å². The Kier molecular flexibility index (Phi) is 8.28. The summed E-state index contributed by atoms with van der Waals surface area (Å²) >= 11 is 0. The van der Waals surface area contributed by atoms with Gasteiger partial charge in [-0.15, -0.1) is 0 Å². The third kappa shape index (κ3) is 5.07. The van der Waals surface area contributed by atoms with Crippen LogP contribution in [0.1, 0.15) is 37.3 Å². The van der Waals surface area contributed by atoms with E-state index >= 15 is 0 Å². The lowest BCUT2D eigenvalue weighted by molar-refractivity contribution is -0.181. The zero-order chi connectivity index (χ0) is 33.0. The molecule has 45 heavy (non-hydrogen) atoms. The second-order valence-electron chi connectivity index (χ2n) is 11.7. The summed E-state index contributed by atoms with van der Waals surface area (Å²) in [5.41, 5.74) is -0.596. The summed E-state index contributed by atoms with van der Waals surface area (Å²) < 4.78 is 22.1. The van der Waals surface area contributed by atoms with Crippen molar-refractivity contribution in [2.45, 2.75) is 80.1 Å². The van der Waals surface area contributed by atoms with E-state index < -0.39 is 77.7 Å². The van der Waals surface area contributed by atoms with E-state index in [9.17, 15) is 39.3 Å². The quantitative estimate of drug-likeness (QED) is 0.147. The molecule has 16 heteroatoms. The number of piperidine rings is 1. The second-order valence-corrected chi connectivity index (χ2v) is 11.7. The number of benzene rings is 1. The molecule has 5 rings (SSSR count). The molecule has 2 aliphatic heterocycles. The predicted molar refractivity (Wildman–Crippen MR) is 147 cm³/mol. The zero-order valence-electron chi connectivity index (χ0n) is 24.6. The maximum Gasteiger partial charge on any atom is 0.343 e. The molecule has 2 aliphatic carbocycles. The molecule has 1 fully saturated rings. The highest BCUT2D eigenvalue weighted by molar-refractivity contribution is 5.91. The number of carboxylic acid groups (broad SMARTS) is 2. The number of likely N-dealkylation sites (tertiary alicyclic amines) is 1. The first-order valence-corrected chi connectivity index (χ1v) is 14.2. The molecule has 0 unspecified atom stereocenters. The van der Waals surface area contributed by atoms with E-state index in [0.717, 1.165) is 18.1 Å². The highest BCUT2D eigenvalue weighted by atomic mass is 16.6. The van der Waals surface area contributed by atoms with E-state index in [1.807, 2.05) is 18.4 Å². The number of aliphatic carboxylic acids is 2. The van der Waals surface area contributed by atoms with E-state index in [0.29, 0.717) is 30.9 Å². The van der Waals surface area contributed by atoms with Crippen molar-refractivity contribution >= 4 is 29.8 Å². The van der Waals surface area contributed by atoms with Gasteiger partial charge in [-0.1, -0.05) is 6.07 Å².